The molecular formula is C18H18NO5S2-. The third-order valence-electron chi connectivity index (χ3n) is 3.48. The molecule has 26 heavy (non-hydrogen) atoms. The van der Waals surface area contributed by atoms with E-state index in [9.17, 15) is 14.7 Å². The maximum atomic E-state index is 12.5. The minimum atomic E-state index is -1.14. The van der Waals surface area contributed by atoms with Crippen LogP contribution in [-0.4, -0.2) is 41.4 Å². The van der Waals surface area contributed by atoms with Crippen LogP contribution >= 0.6 is 24.0 Å². The van der Waals surface area contributed by atoms with Gasteiger partial charge in [0.15, 0.2) is 11.5 Å². The van der Waals surface area contributed by atoms with Crippen LogP contribution in [0.1, 0.15) is 18.4 Å². The van der Waals surface area contributed by atoms with E-state index in [1.54, 1.807) is 24.3 Å². The SMILES string of the molecule is C=CCOc1ccc(/C=C2\SC(=S)N(CCCC(=O)[O-])C2=O)cc1OC. The van der Waals surface area contributed by atoms with E-state index in [0.29, 0.717) is 33.8 Å². The van der Waals surface area contributed by atoms with Crippen molar-refractivity contribution < 1.29 is 24.2 Å². The Balaban J connectivity index is 2.13. The summed E-state index contributed by atoms with van der Waals surface area (Å²) < 4.78 is 11.2. The maximum absolute atomic E-state index is 12.5. The molecular weight excluding hydrogens is 374 g/mol. The first kappa shape index (κ1) is 20.0. The molecule has 8 heteroatoms. The Kier molecular flexibility index (Phi) is 7.23. The molecule has 0 N–H and O–H groups in total. The van der Waals surface area contributed by atoms with Gasteiger partial charge in [-0.3, -0.25) is 9.69 Å². The quantitative estimate of drug-likeness (QED) is 0.361. The summed E-state index contributed by atoms with van der Waals surface area (Å²) in [5, 5.41) is 10.5. The van der Waals surface area contributed by atoms with Gasteiger partial charge in [-0.05, 0) is 36.6 Å². The lowest BCUT2D eigenvalue weighted by Crippen LogP contribution is -2.30. The summed E-state index contributed by atoms with van der Waals surface area (Å²) in [5.74, 6) is -0.245. The number of methoxy groups -OCH3 is 1. The van der Waals surface area contributed by atoms with Crippen molar-refractivity contribution in [2.75, 3.05) is 20.3 Å². The van der Waals surface area contributed by atoms with E-state index < -0.39 is 5.97 Å². The zero-order chi connectivity index (χ0) is 19.1. The molecule has 0 saturated carbocycles. The van der Waals surface area contributed by atoms with Crippen LogP contribution in [0.25, 0.3) is 6.08 Å². The van der Waals surface area contributed by atoms with Gasteiger partial charge in [0, 0.05) is 12.5 Å². The number of benzene rings is 1. The summed E-state index contributed by atoms with van der Waals surface area (Å²) in [6, 6.07) is 5.33. The van der Waals surface area contributed by atoms with Gasteiger partial charge in [0.2, 0.25) is 0 Å². The number of hydrogen-bond acceptors (Lipinski definition) is 7. The number of hydrogen-bond donors (Lipinski definition) is 0. The summed E-state index contributed by atoms with van der Waals surface area (Å²) in [5.41, 5.74) is 0.767. The van der Waals surface area contributed by atoms with Crippen LogP contribution < -0.4 is 14.6 Å². The topological polar surface area (TPSA) is 78.9 Å². The first-order chi connectivity index (χ1) is 12.5. The molecule has 1 heterocycles. The minimum Gasteiger partial charge on any atom is -0.550 e. The Morgan fingerprint density at radius 1 is 1.42 bits per heavy atom. The summed E-state index contributed by atoms with van der Waals surface area (Å²) in [7, 11) is 1.54. The van der Waals surface area contributed by atoms with Crippen LogP contribution in [0.4, 0.5) is 0 Å². The molecule has 1 aromatic rings. The molecule has 0 unspecified atom stereocenters. The van der Waals surface area contributed by atoms with Gasteiger partial charge >= 0.3 is 0 Å². The fourth-order valence-corrected chi connectivity index (χ4v) is 3.58. The van der Waals surface area contributed by atoms with Crippen LogP contribution in [0.15, 0.2) is 35.8 Å². The molecule has 1 aliphatic rings. The Hall–Kier alpha value is -2.32. The first-order valence-corrected chi connectivity index (χ1v) is 9.05. The number of amides is 1. The van der Waals surface area contributed by atoms with Crippen molar-refractivity contribution in [1.82, 2.24) is 4.90 Å². The van der Waals surface area contributed by atoms with Crippen LogP contribution in [0.5, 0.6) is 11.5 Å². The van der Waals surface area contributed by atoms with Gasteiger partial charge in [-0.1, -0.05) is 42.7 Å². The highest BCUT2D eigenvalue weighted by Gasteiger charge is 2.31. The predicted octanol–water partition coefficient (Wildman–Crippen LogP) is 1.99. The van der Waals surface area contributed by atoms with Crippen molar-refractivity contribution in [3.05, 3.63) is 41.3 Å². The second-order valence-corrected chi connectivity index (χ2v) is 6.99. The molecule has 0 atom stereocenters. The summed E-state index contributed by atoms with van der Waals surface area (Å²) in [6.07, 6.45) is 3.54. The van der Waals surface area contributed by atoms with Crippen LogP contribution in [0.3, 0.4) is 0 Å². The summed E-state index contributed by atoms with van der Waals surface area (Å²) in [4.78, 5) is 24.9. The fraction of sp³-hybridized carbons (Fsp3) is 0.278. The average molecular weight is 392 g/mol. The normalized spacial score (nSPS) is 15.4. The van der Waals surface area contributed by atoms with Crippen molar-refractivity contribution in [2.45, 2.75) is 12.8 Å². The Morgan fingerprint density at radius 3 is 2.85 bits per heavy atom. The molecule has 1 aromatic carbocycles. The second-order valence-electron chi connectivity index (χ2n) is 5.32. The lowest BCUT2D eigenvalue weighted by molar-refractivity contribution is -0.305. The number of thioether (sulfide) groups is 1. The van der Waals surface area contributed by atoms with Gasteiger partial charge in [-0.15, -0.1) is 0 Å². The Labute approximate surface area is 161 Å². The summed E-state index contributed by atoms with van der Waals surface area (Å²) >= 11 is 6.40. The molecule has 6 nitrogen and oxygen atoms in total. The van der Waals surface area contributed by atoms with Crippen molar-refractivity contribution in [1.29, 1.82) is 0 Å². The molecule has 0 spiro atoms. The number of carboxylic acids is 1. The third kappa shape index (κ3) is 5.09. The van der Waals surface area contributed by atoms with Gasteiger partial charge in [0.05, 0.1) is 12.0 Å². The number of carboxylic acid groups (broad SMARTS) is 1. The van der Waals surface area contributed by atoms with Gasteiger partial charge in [-0.25, -0.2) is 0 Å². The van der Waals surface area contributed by atoms with Gasteiger partial charge in [0.25, 0.3) is 5.91 Å². The van der Waals surface area contributed by atoms with Crippen molar-refractivity contribution in [3.63, 3.8) is 0 Å². The number of rotatable bonds is 9. The van der Waals surface area contributed by atoms with Gasteiger partial charge in [-0.2, -0.15) is 0 Å². The molecule has 0 aliphatic carbocycles. The fourth-order valence-electron chi connectivity index (χ4n) is 2.27. The van der Waals surface area contributed by atoms with Crippen LogP contribution in [-0.2, 0) is 9.59 Å². The van der Waals surface area contributed by atoms with Crippen molar-refractivity contribution in [2.24, 2.45) is 0 Å². The molecule has 0 aromatic heterocycles. The predicted molar refractivity (Wildman–Crippen MR) is 103 cm³/mol. The van der Waals surface area contributed by atoms with E-state index >= 15 is 0 Å². The number of ether oxygens (including phenoxy) is 2. The maximum Gasteiger partial charge on any atom is 0.266 e. The number of nitrogens with zero attached hydrogens (tertiary/aromatic N) is 1. The zero-order valence-corrected chi connectivity index (χ0v) is 15.9. The van der Waals surface area contributed by atoms with Crippen molar-refractivity contribution >= 4 is 46.3 Å². The Morgan fingerprint density at radius 2 is 2.19 bits per heavy atom. The first-order valence-electron chi connectivity index (χ1n) is 7.83. The monoisotopic (exact) mass is 392 g/mol. The molecule has 1 fully saturated rings. The van der Waals surface area contributed by atoms with Gasteiger partial charge < -0.3 is 19.4 Å². The number of carbonyl (C=O) groups excluding carboxylic acids is 2. The van der Waals surface area contributed by atoms with Crippen LogP contribution in [0, 0.1) is 0 Å². The second kappa shape index (κ2) is 9.40. The highest BCUT2D eigenvalue weighted by molar-refractivity contribution is 8.26. The number of thiocarbonyl (C=S) groups is 1. The molecule has 2 rings (SSSR count). The van der Waals surface area contributed by atoms with Gasteiger partial charge in [0.1, 0.15) is 10.9 Å². The zero-order valence-electron chi connectivity index (χ0n) is 14.2. The minimum absolute atomic E-state index is 0.112. The number of aliphatic carboxylic acids is 1. The molecule has 138 valence electrons. The lowest BCUT2D eigenvalue weighted by Gasteiger charge is -2.14. The third-order valence-corrected chi connectivity index (χ3v) is 4.86. The molecule has 1 aliphatic heterocycles. The molecule has 1 saturated heterocycles. The van der Waals surface area contributed by atoms with E-state index in [4.69, 9.17) is 21.7 Å². The lowest BCUT2D eigenvalue weighted by atomic mass is 10.2. The van der Waals surface area contributed by atoms with E-state index in [-0.39, 0.29) is 18.9 Å². The average Bonchev–Trinajstić information content (AvgIpc) is 2.87. The van der Waals surface area contributed by atoms with E-state index in [1.807, 2.05) is 6.07 Å². The van der Waals surface area contributed by atoms with E-state index in [0.717, 1.165) is 5.56 Å². The smallest absolute Gasteiger partial charge is 0.266 e. The highest BCUT2D eigenvalue weighted by atomic mass is 32.2. The van der Waals surface area contributed by atoms with Crippen LogP contribution in [0.2, 0.25) is 0 Å². The molecule has 1 amide bonds. The van der Waals surface area contributed by atoms with E-state index in [1.165, 1.54) is 23.8 Å². The molecule has 0 bridgehead atoms. The largest absolute Gasteiger partial charge is 0.550 e. The van der Waals surface area contributed by atoms with E-state index in [2.05, 4.69) is 6.58 Å². The molecule has 0 radical (unpaired) electrons. The van der Waals surface area contributed by atoms with Crippen molar-refractivity contribution in [3.8, 4) is 11.5 Å². The standard InChI is InChI=1S/C18H19NO5S2/c1-3-9-24-13-7-6-12(10-14(13)23-2)11-15-17(22)19(18(25)26-15)8-4-5-16(20)21/h3,6-7,10-11H,1,4-5,8-9H2,2H3,(H,20,21)/p-1/b15-11-. The highest BCUT2D eigenvalue weighted by Crippen LogP contribution is 2.34. The number of carbonyl (C=O) groups is 2. The summed E-state index contributed by atoms with van der Waals surface area (Å²) in [6.45, 7) is 4.22. The Bertz CT molecular complexity index is 760.